The fourth-order valence-electron chi connectivity index (χ4n) is 2.77. The number of halogens is 1. The average Bonchev–Trinajstić information content (AvgIpc) is 2.69. The van der Waals surface area contributed by atoms with Crippen LogP contribution < -0.4 is 0 Å². The third kappa shape index (κ3) is 5.84. The second kappa shape index (κ2) is 9.46. The van der Waals surface area contributed by atoms with Crippen LogP contribution in [0.1, 0.15) is 52.9 Å². The second-order valence-corrected chi connectivity index (χ2v) is 8.79. The van der Waals surface area contributed by atoms with Crippen molar-refractivity contribution >= 4 is 13.3 Å². The molecule has 0 bridgehead atoms. The number of hydrogen-bond acceptors (Lipinski definition) is 2. The van der Waals surface area contributed by atoms with E-state index < -0.39 is 0 Å². The molecule has 2 heterocycles. The fourth-order valence-corrected chi connectivity index (χ4v) is 2.77. The first-order valence-corrected chi connectivity index (χ1v) is 14.2. The van der Waals surface area contributed by atoms with Crippen molar-refractivity contribution in [3.63, 3.8) is 0 Å². The Hall–Kier alpha value is -1.31. The summed E-state index contributed by atoms with van der Waals surface area (Å²) in [6.45, 7) is 13.1. The minimum atomic E-state index is 0.0240. The van der Waals surface area contributed by atoms with E-state index in [9.17, 15) is 0 Å². The van der Waals surface area contributed by atoms with Gasteiger partial charge in [-0.2, -0.15) is 0 Å². The van der Waals surface area contributed by atoms with Gasteiger partial charge in [-0.3, -0.25) is 9.97 Å². The number of hydrogen-bond donors (Lipinski definition) is 0. The summed E-state index contributed by atoms with van der Waals surface area (Å²) in [6, 6.07) is 22.1. The number of aromatic nitrogens is 2. The molecule has 0 aliphatic heterocycles. The SMILES string of the molecule is CC(C)(C)c1cccc(-c2[c-]c(-c3cccc(C(C)(C)C)n3)ccc2)n1.[Br][Pt+]. The van der Waals surface area contributed by atoms with Crippen molar-refractivity contribution in [1.29, 1.82) is 0 Å². The van der Waals surface area contributed by atoms with Crippen molar-refractivity contribution in [3.05, 3.63) is 72.1 Å². The van der Waals surface area contributed by atoms with Crippen LogP contribution in [-0.2, 0) is 28.6 Å². The van der Waals surface area contributed by atoms with Crippen LogP contribution in [0.2, 0.25) is 0 Å². The predicted octanol–water partition coefficient (Wildman–Crippen LogP) is 7.05. The van der Waals surface area contributed by atoms with Gasteiger partial charge in [-0.15, -0.1) is 24.3 Å². The molecule has 0 radical (unpaired) electrons. The van der Waals surface area contributed by atoms with Gasteiger partial charge in [-0.05, 0) is 12.1 Å². The molecule has 0 atom stereocenters. The molecule has 0 fully saturated rings. The van der Waals surface area contributed by atoms with Gasteiger partial charge >= 0.3 is 31.1 Å². The van der Waals surface area contributed by atoms with E-state index in [4.69, 9.17) is 9.97 Å². The summed E-state index contributed by atoms with van der Waals surface area (Å²) >= 11 is 4.86. The molecule has 0 unspecified atom stereocenters. The fraction of sp³-hybridized carbons (Fsp3) is 0.333. The van der Waals surface area contributed by atoms with E-state index in [-0.39, 0.29) is 10.8 Å². The maximum absolute atomic E-state index is 4.85. The molecule has 28 heavy (non-hydrogen) atoms. The van der Waals surface area contributed by atoms with Crippen LogP contribution in [0.3, 0.4) is 0 Å². The number of pyridine rings is 2. The van der Waals surface area contributed by atoms with Gasteiger partial charge in [0.15, 0.2) is 0 Å². The zero-order valence-electron chi connectivity index (χ0n) is 17.3. The molecule has 3 aromatic rings. The zero-order chi connectivity index (χ0) is 20.9. The third-order valence-corrected chi connectivity index (χ3v) is 4.38. The Morgan fingerprint density at radius 1 is 0.643 bits per heavy atom. The molecular weight excluding hydrogens is 591 g/mol. The Kier molecular flexibility index (Phi) is 7.76. The molecule has 3 rings (SSSR count). The van der Waals surface area contributed by atoms with Gasteiger partial charge in [0.05, 0.1) is 0 Å². The van der Waals surface area contributed by atoms with Crippen LogP contribution in [0.5, 0.6) is 0 Å². The predicted molar refractivity (Wildman–Crippen MR) is 118 cm³/mol. The van der Waals surface area contributed by atoms with Gasteiger partial charge in [-0.1, -0.05) is 76.9 Å². The van der Waals surface area contributed by atoms with Gasteiger partial charge in [-0.25, -0.2) is 0 Å². The van der Waals surface area contributed by atoms with E-state index in [0.29, 0.717) is 0 Å². The van der Waals surface area contributed by atoms with Crippen molar-refractivity contribution < 1.29 is 17.8 Å². The number of nitrogens with zero attached hydrogens (tertiary/aromatic N) is 2. The van der Waals surface area contributed by atoms with Gasteiger partial charge in [0.25, 0.3) is 0 Å². The van der Waals surface area contributed by atoms with E-state index >= 15 is 0 Å². The van der Waals surface area contributed by atoms with E-state index in [0.717, 1.165) is 33.9 Å². The van der Waals surface area contributed by atoms with Gasteiger partial charge < -0.3 is 0 Å². The molecule has 0 N–H and O–H groups in total. The Balaban J connectivity index is 0.00000136. The van der Waals surface area contributed by atoms with E-state index in [1.54, 1.807) is 0 Å². The van der Waals surface area contributed by atoms with Crippen LogP contribution in [-0.4, -0.2) is 9.97 Å². The van der Waals surface area contributed by atoms with Gasteiger partial charge in [0.1, 0.15) is 0 Å². The normalized spacial score (nSPS) is 11.6. The van der Waals surface area contributed by atoms with Gasteiger partial charge in [0.2, 0.25) is 0 Å². The number of benzene rings is 1. The molecule has 0 saturated heterocycles. The van der Waals surface area contributed by atoms with Crippen LogP contribution in [0.25, 0.3) is 22.5 Å². The zero-order valence-corrected chi connectivity index (χ0v) is 21.1. The van der Waals surface area contributed by atoms with Crippen molar-refractivity contribution in [3.8, 4) is 22.5 Å². The van der Waals surface area contributed by atoms with Crippen LogP contribution in [0.15, 0.2) is 54.6 Å². The molecular formula is C24H27BrN2Pt. The molecule has 1 aromatic carbocycles. The van der Waals surface area contributed by atoms with Crippen molar-refractivity contribution in [1.82, 2.24) is 9.97 Å². The monoisotopic (exact) mass is 617 g/mol. The Labute approximate surface area is 187 Å². The quantitative estimate of drug-likeness (QED) is 0.288. The molecule has 0 amide bonds. The third-order valence-electron chi connectivity index (χ3n) is 4.38. The minimum absolute atomic E-state index is 0.0240. The molecule has 2 aromatic heterocycles. The molecule has 0 saturated carbocycles. The summed E-state index contributed by atoms with van der Waals surface area (Å²) in [4.78, 5) is 9.71. The average molecular weight is 618 g/mol. The summed E-state index contributed by atoms with van der Waals surface area (Å²) in [5.74, 6) is 0. The van der Waals surface area contributed by atoms with E-state index in [1.807, 2.05) is 29.9 Å². The Morgan fingerprint density at radius 3 is 1.36 bits per heavy atom. The second-order valence-electron chi connectivity index (χ2n) is 8.79. The summed E-state index contributed by atoms with van der Waals surface area (Å²) in [6.07, 6.45) is 0. The topological polar surface area (TPSA) is 25.8 Å². The van der Waals surface area contributed by atoms with E-state index in [1.165, 1.54) is 0 Å². The van der Waals surface area contributed by atoms with Crippen molar-refractivity contribution in [2.75, 3.05) is 0 Å². The molecule has 0 aliphatic rings. The summed E-state index contributed by atoms with van der Waals surface area (Å²) < 4.78 is 0. The Morgan fingerprint density at radius 2 is 1.00 bits per heavy atom. The van der Waals surface area contributed by atoms with E-state index in [2.05, 4.69) is 103 Å². The first-order chi connectivity index (χ1) is 13.1. The molecule has 4 heteroatoms. The summed E-state index contributed by atoms with van der Waals surface area (Å²) in [5.41, 5.74) is 6.11. The number of rotatable bonds is 2. The molecule has 150 valence electrons. The first kappa shape index (κ1) is 23.0. The first-order valence-electron chi connectivity index (χ1n) is 9.25. The standard InChI is InChI=1S/C24H27N2.BrH.Pt/c1-23(2,3)21-14-8-12-19(25-21)17-10-7-11-18(16-17)20-13-9-15-22(26-20)24(4,5)6;;/h7-15H,1-6H3;1H;/q-1;;+2/p-1. The maximum atomic E-state index is 4.85. The van der Waals surface area contributed by atoms with Crippen LogP contribution >= 0.6 is 13.3 Å². The van der Waals surface area contributed by atoms with Crippen molar-refractivity contribution in [2.45, 2.75) is 52.4 Å². The Bertz CT molecular complexity index is 851. The van der Waals surface area contributed by atoms with Gasteiger partial charge in [0, 0.05) is 33.6 Å². The molecule has 0 aliphatic carbocycles. The van der Waals surface area contributed by atoms with Crippen LogP contribution in [0, 0.1) is 6.07 Å². The molecule has 2 nitrogen and oxygen atoms in total. The van der Waals surface area contributed by atoms with Crippen LogP contribution in [0.4, 0.5) is 0 Å². The summed E-state index contributed by atoms with van der Waals surface area (Å²) in [5, 5.41) is 0. The molecule has 0 spiro atoms. The summed E-state index contributed by atoms with van der Waals surface area (Å²) in [7, 11) is 0. The van der Waals surface area contributed by atoms with Crippen molar-refractivity contribution in [2.24, 2.45) is 0 Å².